The molecule has 1 amide bonds. The quantitative estimate of drug-likeness (QED) is 0.480. The van der Waals surface area contributed by atoms with Gasteiger partial charge >= 0.3 is 5.97 Å². The normalized spacial score (nSPS) is 26.4. The zero-order chi connectivity index (χ0) is 19.7. The summed E-state index contributed by atoms with van der Waals surface area (Å²) >= 11 is 1.51. The van der Waals surface area contributed by atoms with Crippen molar-refractivity contribution in [3.8, 4) is 0 Å². The number of β-lactam (4-membered cyclic amide) rings is 1. The highest BCUT2D eigenvalue weighted by Gasteiger charge is 2.55. The maximum atomic E-state index is 13.3. The van der Waals surface area contributed by atoms with E-state index in [0.717, 1.165) is 11.1 Å². The molecule has 28 heavy (non-hydrogen) atoms. The summed E-state index contributed by atoms with van der Waals surface area (Å²) in [6.07, 6.45) is 1.09. The smallest absolute Gasteiger partial charge is 0.319 e. The number of carbonyl (C=O) groups excluding carboxylic acids is 2. The number of carbonyl (C=O) groups is 2. The minimum Gasteiger partial charge on any atom is -0.452 e. The number of ether oxygens (including phenoxy) is 1. The number of hydrogen-bond acceptors (Lipinski definition) is 5. The lowest BCUT2D eigenvalue weighted by Gasteiger charge is -2.52. The summed E-state index contributed by atoms with van der Waals surface area (Å²) in [5, 5.41) is -0.0626. The van der Waals surface area contributed by atoms with Crippen LogP contribution in [0.3, 0.4) is 0 Å². The number of benzene rings is 2. The van der Waals surface area contributed by atoms with E-state index in [1.165, 1.54) is 11.8 Å². The van der Waals surface area contributed by atoms with Crippen LogP contribution in [0, 0.1) is 5.41 Å². The predicted molar refractivity (Wildman–Crippen MR) is 109 cm³/mol. The summed E-state index contributed by atoms with van der Waals surface area (Å²) in [7, 11) is 0. The Bertz CT molecular complexity index is 850. The molecule has 0 saturated carbocycles. The van der Waals surface area contributed by atoms with Crippen LogP contribution >= 0.6 is 11.8 Å². The van der Waals surface area contributed by atoms with Crippen LogP contribution in [0.2, 0.25) is 0 Å². The van der Waals surface area contributed by atoms with Crippen molar-refractivity contribution < 1.29 is 14.3 Å². The lowest BCUT2D eigenvalue weighted by atomic mass is 9.87. The number of thioether (sulfide) groups is 1. The highest BCUT2D eigenvalue weighted by Crippen LogP contribution is 2.43. The standard InChI is InChI=1S/C22H22N2O3S/c1-2-22(13-24-19(25)17(23)20(24)28-14-22)21(26)27-18(15-9-5-3-6-10-15)16-11-7-4-8-12-16/h2-12,17-18,20H,1,13-14,23H2/t17?,20-,22?/m1/s1. The monoisotopic (exact) mass is 394 g/mol. The molecular formula is C22H22N2O3S. The second-order valence-corrected chi connectivity index (χ2v) is 8.27. The van der Waals surface area contributed by atoms with Gasteiger partial charge in [0.05, 0.1) is 0 Å². The Labute approximate surface area is 168 Å². The molecule has 2 heterocycles. The first kappa shape index (κ1) is 18.8. The maximum Gasteiger partial charge on any atom is 0.319 e. The third kappa shape index (κ3) is 3.12. The Morgan fingerprint density at radius 1 is 1.18 bits per heavy atom. The van der Waals surface area contributed by atoms with Gasteiger partial charge in [-0.05, 0) is 11.1 Å². The fraction of sp³-hybridized carbons (Fsp3) is 0.273. The summed E-state index contributed by atoms with van der Waals surface area (Å²) in [6.45, 7) is 4.13. The first-order valence-electron chi connectivity index (χ1n) is 9.18. The number of fused-ring (bicyclic) bond motifs is 1. The average molecular weight is 394 g/mol. The van der Waals surface area contributed by atoms with Gasteiger partial charge in [-0.2, -0.15) is 0 Å². The van der Waals surface area contributed by atoms with Gasteiger partial charge in [0.1, 0.15) is 16.8 Å². The summed E-state index contributed by atoms with van der Waals surface area (Å²) in [6, 6.07) is 18.8. The summed E-state index contributed by atoms with van der Waals surface area (Å²) < 4.78 is 6.03. The van der Waals surface area contributed by atoms with Crippen LogP contribution in [0.4, 0.5) is 0 Å². The number of nitrogens with two attached hydrogens (primary N) is 1. The van der Waals surface area contributed by atoms with E-state index in [9.17, 15) is 9.59 Å². The van der Waals surface area contributed by atoms with E-state index in [-0.39, 0.29) is 23.8 Å². The topological polar surface area (TPSA) is 72.6 Å². The van der Waals surface area contributed by atoms with E-state index >= 15 is 0 Å². The Balaban J connectivity index is 1.60. The molecule has 0 spiro atoms. The molecule has 0 bridgehead atoms. The van der Waals surface area contributed by atoms with Gasteiger partial charge in [-0.15, -0.1) is 18.3 Å². The molecule has 6 heteroatoms. The van der Waals surface area contributed by atoms with E-state index in [1.54, 1.807) is 11.0 Å². The zero-order valence-corrected chi connectivity index (χ0v) is 16.2. The van der Waals surface area contributed by atoms with Crippen LogP contribution in [0.1, 0.15) is 17.2 Å². The van der Waals surface area contributed by atoms with E-state index in [0.29, 0.717) is 5.75 Å². The van der Waals surface area contributed by atoms with Crippen molar-refractivity contribution in [2.24, 2.45) is 11.1 Å². The van der Waals surface area contributed by atoms with E-state index in [2.05, 4.69) is 6.58 Å². The molecule has 2 fully saturated rings. The van der Waals surface area contributed by atoms with Crippen molar-refractivity contribution in [2.75, 3.05) is 12.3 Å². The van der Waals surface area contributed by atoms with Gasteiger partial charge in [-0.3, -0.25) is 9.59 Å². The van der Waals surface area contributed by atoms with Crippen LogP contribution < -0.4 is 5.73 Å². The van der Waals surface area contributed by atoms with Crippen molar-refractivity contribution >= 4 is 23.6 Å². The van der Waals surface area contributed by atoms with Gasteiger partial charge in [-0.1, -0.05) is 66.7 Å². The van der Waals surface area contributed by atoms with Crippen molar-refractivity contribution in [1.29, 1.82) is 0 Å². The fourth-order valence-electron chi connectivity index (χ4n) is 3.63. The van der Waals surface area contributed by atoms with Gasteiger partial charge in [0, 0.05) is 12.3 Å². The van der Waals surface area contributed by atoms with Gasteiger partial charge in [0.2, 0.25) is 5.91 Å². The van der Waals surface area contributed by atoms with Crippen LogP contribution in [0.15, 0.2) is 73.3 Å². The fourth-order valence-corrected chi connectivity index (χ4v) is 5.11. The second-order valence-electron chi connectivity index (χ2n) is 7.16. The number of nitrogens with zero attached hydrogens (tertiary/aromatic N) is 1. The van der Waals surface area contributed by atoms with E-state index in [4.69, 9.17) is 10.5 Å². The molecule has 2 saturated heterocycles. The predicted octanol–water partition coefficient (Wildman–Crippen LogP) is 2.73. The van der Waals surface area contributed by atoms with Crippen molar-refractivity contribution in [3.63, 3.8) is 0 Å². The lowest BCUT2D eigenvalue weighted by Crippen LogP contribution is -2.71. The van der Waals surface area contributed by atoms with Gasteiger partial charge in [0.15, 0.2) is 6.10 Å². The van der Waals surface area contributed by atoms with Gasteiger partial charge < -0.3 is 15.4 Å². The highest BCUT2D eigenvalue weighted by atomic mass is 32.2. The first-order chi connectivity index (χ1) is 13.6. The summed E-state index contributed by atoms with van der Waals surface area (Å²) in [5.41, 5.74) is 6.70. The van der Waals surface area contributed by atoms with Gasteiger partial charge in [-0.25, -0.2) is 0 Å². The molecular weight excluding hydrogens is 372 g/mol. The van der Waals surface area contributed by atoms with E-state index in [1.807, 2.05) is 60.7 Å². The number of amides is 1. The molecule has 2 N–H and O–H groups in total. The Kier molecular flexibility index (Phi) is 5.00. The molecule has 2 aliphatic heterocycles. The van der Waals surface area contributed by atoms with Crippen LogP contribution in [0.25, 0.3) is 0 Å². The summed E-state index contributed by atoms with van der Waals surface area (Å²) in [5.74, 6) is -0.00773. The number of hydrogen-bond donors (Lipinski definition) is 1. The highest BCUT2D eigenvalue weighted by molar-refractivity contribution is 8.00. The molecule has 2 aromatic carbocycles. The molecule has 0 aliphatic carbocycles. The molecule has 0 aromatic heterocycles. The Morgan fingerprint density at radius 3 is 2.29 bits per heavy atom. The van der Waals surface area contributed by atoms with Crippen LogP contribution in [-0.2, 0) is 14.3 Å². The first-order valence-corrected chi connectivity index (χ1v) is 10.2. The van der Waals surface area contributed by atoms with Crippen LogP contribution in [0.5, 0.6) is 0 Å². The van der Waals surface area contributed by atoms with Gasteiger partial charge in [0.25, 0.3) is 0 Å². The summed E-state index contributed by atoms with van der Waals surface area (Å²) in [4.78, 5) is 27.0. The average Bonchev–Trinajstić information content (AvgIpc) is 2.77. The lowest BCUT2D eigenvalue weighted by molar-refractivity contribution is -0.161. The largest absolute Gasteiger partial charge is 0.452 e. The maximum absolute atomic E-state index is 13.3. The number of esters is 1. The Morgan fingerprint density at radius 2 is 1.75 bits per heavy atom. The molecule has 2 unspecified atom stereocenters. The van der Waals surface area contributed by atoms with Crippen molar-refractivity contribution in [1.82, 2.24) is 4.90 Å². The van der Waals surface area contributed by atoms with Crippen LogP contribution in [-0.4, -0.2) is 40.5 Å². The number of rotatable bonds is 5. The molecule has 0 radical (unpaired) electrons. The zero-order valence-electron chi connectivity index (χ0n) is 15.4. The van der Waals surface area contributed by atoms with E-state index < -0.39 is 17.6 Å². The SMILES string of the molecule is C=CC1(C(=O)OC(c2ccccc2)c2ccccc2)CS[C@@H]2C(N)C(=O)N2C1. The molecule has 5 nitrogen and oxygen atoms in total. The minimum absolute atomic E-state index is 0.0626. The molecule has 144 valence electrons. The third-order valence-corrected chi connectivity index (χ3v) is 6.94. The molecule has 3 atom stereocenters. The van der Waals surface area contributed by atoms with Crippen molar-refractivity contribution in [2.45, 2.75) is 17.5 Å². The minimum atomic E-state index is -0.946. The Hall–Kier alpha value is -2.57. The molecule has 2 aliphatic rings. The molecule has 2 aromatic rings. The van der Waals surface area contributed by atoms with Crippen molar-refractivity contribution in [3.05, 3.63) is 84.4 Å². The third-order valence-electron chi connectivity index (χ3n) is 5.37. The second kappa shape index (κ2) is 7.45. The molecule has 4 rings (SSSR count).